The molecule has 18 heavy (non-hydrogen) atoms. The van der Waals surface area contributed by atoms with Gasteiger partial charge in [0, 0.05) is 0 Å². The lowest BCUT2D eigenvalue weighted by atomic mass is 10.1. The van der Waals surface area contributed by atoms with Gasteiger partial charge in [-0.3, -0.25) is 4.57 Å². The molecule has 0 radical (unpaired) electrons. The molecule has 4 heteroatoms. The van der Waals surface area contributed by atoms with Gasteiger partial charge in [0.15, 0.2) is 0 Å². The molecular formula is C14H21O3P. The molecule has 0 N–H and O–H groups in total. The van der Waals surface area contributed by atoms with E-state index in [1.54, 1.807) is 0 Å². The van der Waals surface area contributed by atoms with Crippen molar-refractivity contribution in [2.24, 2.45) is 0 Å². The van der Waals surface area contributed by atoms with Gasteiger partial charge in [0.05, 0.1) is 19.4 Å². The zero-order valence-electron chi connectivity index (χ0n) is 11.3. The molecule has 1 aromatic carbocycles. The Morgan fingerprint density at radius 2 is 1.89 bits per heavy atom. The quantitative estimate of drug-likeness (QED) is 0.692. The molecule has 0 heterocycles. The minimum atomic E-state index is -2.95. The Balaban J connectivity index is 2.64. The standard InChI is InChI=1S/C14H21O3P/c1-4-16-18(15,17-5-2)11-7-10-14-9-6-8-13(3)12-14/h6-10,12H,4-5,11H2,1-3H3. The molecule has 0 saturated heterocycles. The Labute approximate surface area is 109 Å². The normalized spacial score (nSPS) is 12.2. The van der Waals surface area contributed by atoms with Crippen molar-refractivity contribution in [3.8, 4) is 0 Å². The van der Waals surface area contributed by atoms with Crippen LogP contribution in [0.25, 0.3) is 6.08 Å². The summed E-state index contributed by atoms with van der Waals surface area (Å²) in [6.45, 7) is 6.47. The number of hydrogen-bond acceptors (Lipinski definition) is 3. The number of aryl methyl sites for hydroxylation is 1. The van der Waals surface area contributed by atoms with Crippen LogP contribution in [0.5, 0.6) is 0 Å². The number of benzene rings is 1. The summed E-state index contributed by atoms with van der Waals surface area (Å²) in [5.41, 5.74) is 2.30. The van der Waals surface area contributed by atoms with E-state index in [0.29, 0.717) is 19.4 Å². The second-order valence-electron chi connectivity index (χ2n) is 3.95. The first-order valence-corrected chi connectivity index (χ1v) is 7.94. The van der Waals surface area contributed by atoms with Gasteiger partial charge in [-0.05, 0) is 26.3 Å². The zero-order chi connectivity index (χ0) is 13.4. The van der Waals surface area contributed by atoms with E-state index in [2.05, 4.69) is 6.07 Å². The van der Waals surface area contributed by atoms with E-state index >= 15 is 0 Å². The topological polar surface area (TPSA) is 35.5 Å². The fourth-order valence-electron chi connectivity index (χ4n) is 1.63. The van der Waals surface area contributed by atoms with E-state index in [0.717, 1.165) is 5.56 Å². The number of hydrogen-bond donors (Lipinski definition) is 0. The fraction of sp³-hybridized carbons (Fsp3) is 0.429. The van der Waals surface area contributed by atoms with Crippen LogP contribution in [0.4, 0.5) is 0 Å². The number of allylic oxidation sites excluding steroid dienone is 1. The molecule has 0 spiro atoms. The summed E-state index contributed by atoms with van der Waals surface area (Å²) in [5, 5.41) is 0. The van der Waals surface area contributed by atoms with Gasteiger partial charge in [-0.15, -0.1) is 0 Å². The van der Waals surface area contributed by atoms with Crippen LogP contribution in [-0.2, 0) is 13.6 Å². The molecule has 0 bridgehead atoms. The molecule has 0 atom stereocenters. The molecule has 1 rings (SSSR count). The summed E-state index contributed by atoms with van der Waals surface area (Å²) in [5.74, 6) is 0. The van der Waals surface area contributed by atoms with E-state index < -0.39 is 7.60 Å². The van der Waals surface area contributed by atoms with Crippen LogP contribution in [0.2, 0.25) is 0 Å². The minimum absolute atomic E-state index is 0.308. The third kappa shape index (κ3) is 5.18. The SMILES string of the molecule is CCOP(=O)(CC=Cc1cccc(C)c1)OCC. The van der Waals surface area contributed by atoms with Gasteiger partial charge in [-0.25, -0.2) is 0 Å². The summed E-state index contributed by atoms with van der Waals surface area (Å²) in [4.78, 5) is 0. The second kappa shape index (κ2) is 7.52. The van der Waals surface area contributed by atoms with Crippen LogP contribution in [-0.4, -0.2) is 19.4 Å². The average molecular weight is 268 g/mol. The van der Waals surface area contributed by atoms with Crippen molar-refractivity contribution in [2.45, 2.75) is 20.8 Å². The molecule has 0 unspecified atom stereocenters. The van der Waals surface area contributed by atoms with E-state index in [1.165, 1.54) is 5.56 Å². The Morgan fingerprint density at radius 3 is 2.44 bits per heavy atom. The van der Waals surface area contributed by atoms with E-state index in [9.17, 15) is 4.57 Å². The molecule has 0 aliphatic rings. The fourth-order valence-corrected chi connectivity index (χ4v) is 3.06. The van der Waals surface area contributed by atoms with Crippen LogP contribution in [0.15, 0.2) is 30.3 Å². The molecule has 0 amide bonds. The largest absolute Gasteiger partial charge is 0.334 e. The van der Waals surface area contributed by atoms with E-state index in [-0.39, 0.29) is 0 Å². The molecule has 0 aromatic heterocycles. The van der Waals surface area contributed by atoms with Gasteiger partial charge in [-0.1, -0.05) is 42.0 Å². The average Bonchev–Trinajstić information content (AvgIpc) is 2.29. The third-order valence-corrected chi connectivity index (χ3v) is 4.29. The maximum absolute atomic E-state index is 12.2. The first-order chi connectivity index (χ1) is 8.59. The molecule has 0 aliphatic carbocycles. The highest BCUT2D eigenvalue weighted by Crippen LogP contribution is 2.47. The second-order valence-corrected chi connectivity index (χ2v) is 6.05. The van der Waals surface area contributed by atoms with Gasteiger partial charge in [0.25, 0.3) is 0 Å². The lowest BCUT2D eigenvalue weighted by Gasteiger charge is -2.14. The monoisotopic (exact) mass is 268 g/mol. The van der Waals surface area contributed by atoms with Crippen molar-refractivity contribution in [2.75, 3.05) is 19.4 Å². The van der Waals surface area contributed by atoms with Crippen molar-refractivity contribution in [3.05, 3.63) is 41.5 Å². The maximum Gasteiger partial charge on any atom is 0.334 e. The highest BCUT2D eigenvalue weighted by molar-refractivity contribution is 7.54. The lowest BCUT2D eigenvalue weighted by molar-refractivity contribution is 0.222. The van der Waals surface area contributed by atoms with Crippen molar-refractivity contribution < 1.29 is 13.6 Å². The van der Waals surface area contributed by atoms with Crippen molar-refractivity contribution >= 4 is 13.7 Å². The van der Waals surface area contributed by atoms with Crippen LogP contribution in [0.3, 0.4) is 0 Å². The highest BCUT2D eigenvalue weighted by atomic mass is 31.2. The zero-order valence-corrected chi connectivity index (χ0v) is 12.2. The highest BCUT2D eigenvalue weighted by Gasteiger charge is 2.20. The van der Waals surface area contributed by atoms with Gasteiger partial charge in [-0.2, -0.15) is 0 Å². The van der Waals surface area contributed by atoms with Crippen molar-refractivity contribution in [1.82, 2.24) is 0 Å². The van der Waals surface area contributed by atoms with Crippen LogP contribution < -0.4 is 0 Å². The predicted molar refractivity (Wildman–Crippen MR) is 75.9 cm³/mol. The third-order valence-electron chi connectivity index (χ3n) is 2.33. The lowest BCUT2D eigenvalue weighted by Crippen LogP contribution is -1.98. The molecule has 0 saturated carbocycles. The van der Waals surface area contributed by atoms with Gasteiger partial charge in [0.2, 0.25) is 0 Å². The van der Waals surface area contributed by atoms with Gasteiger partial charge < -0.3 is 9.05 Å². The molecule has 3 nitrogen and oxygen atoms in total. The first kappa shape index (κ1) is 15.2. The molecule has 1 aromatic rings. The van der Waals surface area contributed by atoms with Gasteiger partial charge >= 0.3 is 7.60 Å². The predicted octanol–water partition coefficient (Wildman–Crippen LogP) is 4.27. The molecule has 100 valence electrons. The summed E-state index contributed by atoms with van der Waals surface area (Å²) in [7, 11) is -2.95. The van der Waals surface area contributed by atoms with Crippen molar-refractivity contribution in [1.29, 1.82) is 0 Å². The Hall–Kier alpha value is -0.890. The Morgan fingerprint density at radius 1 is 1.22 bits per heavy atom. The van der Waals surface area contributed by atoms with Crippen molar-refractivity contribution in [3.63, 3.8) is 0 Å². The molecular weight excluding hydrogens is 247 g/mol. The Kier molecular flexibility index (Phi) is 6.34. The van der Waals surface area contributed by atoms with Crippen LogP contribution >= 0.6 is 7.60 Å². The summed E-state index contributed by atoms with van der Waals surface area (Å²) in [6, 6.07) is 8.13. The smallest absolute Gasteiger partial charge is 0.309 e. The Bertz CT molecular complexity index is 430. The summed E-state index contributed by atoms with van der Waals surface area (Å²) in [6.07, 6.45) is 4.10. The number of rotatable bonds is 7. The van der Waals surface area contributed by atoms with Crippen LogP contribution in [0, 0.1) is 6.92 Å². The maximum atomic E-state index is 12.2. The van der Waals surface area contributed by atoms with Gasteiger partial charge in [0.1, 0.15) is 0 Å². The van der Waals surface area contributed by atoms with E-state index in [4.69, 9.17) is 9.05 Å². The summed E-state index contributed by atoms with van der Waals surface area (Å²) >= 11 is 0. The molecule has 0 aliphatic heterocycles. The molecule has 0 fully saturated rings. The minimum Gasteiger partial charge on any atom is -0.309 e. The van der Waals surface area contributed by atoms with Crippen LogP contribution in [0.1, 0.15) is 25.0 Å². The first-order valence-electron chi connectivity index (χ1n) is 6.21. The summed E-state index contributed by atoms with van der Waals surface area (Å²) < 4.78 is 22.6. The van der Waals surface area contributed by atoms with E-state index in [1.807, 2.05) is 51.1 Å².